The maximum absolute atomic E-state index is 11.0. The number of aromatic nitrogens is 2. The van der Waals surface area contributed by atoms with Crippen molar-refractivity contribution in [2.45, 2.75) is 0 Å². The molecule has 0 spiro atoms. The summed E-state index contributed by atoms with van der Waals surface area (Å²) in [6.07, 6.45) is 3.25. The van der Waals surface area contributed by atoms with Gasteiger partial charge < -0.3 is 10.4 Å². The van der Waals surface area contributed by atoms with E-state index in [4.69, 9.17) is 5.11 Å². The summed E-state index contributed by atoms with van der Waals surface area (Å²) in [6, 6.07) is 3.53. The highest BCUT2D eigenvalue weighted by atomic mass is 32.1. The Morgan fingerprint density at radius 2 is 2.12 bits per heavy atom. The van der Waals surface area contributed by atoms with Gasteiger partial charge in [0.1, 0.15) is 0 Å². The van der Waals surface area contributed by atoms with Gasteiger partial charge in [-0.1, -0.05) is 11.3 Å². The van der Waals surface area contributed by atoms with Crippen molar-refractivity contribution in [3.05, 3.63) is 30.2 Å². The Labute approximate surface area is 95.8 Å². The zero-order chi connectivity index (χ0) is 11.5. The third kappa shape index (κ3) is 1.87. The quantitative estimate of drug-likeness (QED) is 0.850. The second kappa shape index (κ2) is 4.28. The first kappa shape index (κ1) is 10.6. The molecule has 0 aromatic carbocycles. The van der Waals surface area contributed by atoms with E-state index in [-0.39, 0.29) is 5.69 Å². The molecular weight excluding hydrogens is 226 g/mol. The van der Waals surface area contributed by atoms with Crippen LogP contribution < -0.4 is 5.32 Å². The van der Waals surface area contributed by atoms with E-state index in [2.05, 4.69) is 15.3 Å². The molecule has 2 N–H and O–H groups in total. The Balaban J connectivity index is 2.55. The summed E-state index contributed by atoms with van der Waals surface area (Å²) in [5.41, 5.74) is 0.881. The lowest BCUT2D eigenvalue weighted by molar-refractivity contribution is 0.0692. The fourth-order valence-corrected chi connectivity index (χ4v) is 2.19. The van der Waals surface area contributed by atoms with Crippen molar-refractivity contribution in [3.63, 3.8) is 0 Å². The Morgan fingerprint density at radius 3 is 2.69 bits per heavy atom. The zero-order valence-corrected chi connectivity index (χ0v) is 9.28. The van der Waals surface area contributed by atoms with Crippen LogP contribution in [0.15, 0.2) is 24.5 Å². The molecule has 0 radical (unpaired) electrons. The van der Waals surface area contributed by atoms with Crippen molar-refractivity contribution in [1.29, 1.82) is 0 Å². The minimum Gasteiger partial charge on any atom is -0.476 e. The molecule has 0 aliphatic heterocycles. The summed E-state index contributed by atoms with van der Waals surface area (Å²) in [5.74, 6) is -1.02. The van der Waals surface area contributed by atoms with Crippen LogP contribution in [-0.2, 0) is 0 Å². The van der Waals surface area contributed by atoms with Crippen LogP contribution in [0.4, 0.5) is 5.13 Å². The van der Waals surface area contributed by atoms with Gasteiger partial charge in [0.15, 0.2) is 10.8 Å². The second-order valence-corrected chi connectivity index (χ2v) is 3.99. The summed E-state index contributed by atoms with van der Waals surface area (Å²) in [7, 11) is 1.71. The van der Waals surface area contributed by atoms with E-state index in [9.17, 15) is 4.79 Å². The Morgan fingerprint density at radius 1 is 1.44 bits per heavy atom. The number of hydrogen-bond acceptors (Lipinski definition) is 5. The van der Waals surface area contributed by atoms with E-state index in [0.717, 1.165) is 5.56 Å². The lowest BCUT2D eigenvalue weighted by Crippen LogP contribution is -1.99. The number of pyridine rings is 1. The Hall–Kier alpha value is -1.95. The number of rotatable bonds is 3. The first-order chi connectivity index (χ1) is 7.72. The number of nitrogens with zero attached hydrogens (tertiary/aromatic N) is 2. The highest BCUT2D eigenvalue weighted by Crippen LogP contribution is 2.32. The molecule has 2 heterocycles. The average Bonchev–Trinajstić information content (AvgIpc) is 2.74. The van der Waals surface area contributed by atoms with Crippen LogP contribution >= 0.6 is 11.3 Å². The molecule has 16 heavy (non-hydrogen) atoms. The molecule has 6 heteroatoms. The van der Waals surface area contributed by atoms with Gasteiger partial charge in [-0.25, -0.2) is 9.78 Å². The van der Waals surface area contributed by atoms with Gasteiger partial charge >= 0.3 is 5.97 Å². The van der Waals surface area contributed by atoms with Gasteiger partial charge in [-0.2, -0.15) is 0 Å². The largest absolute Gasteiger partial charge is 0.476 e. The molecule has 2 aromatic rings. The van der Waals surface area contributed by atoms with E-state index in [1.807, 2.05) is 0 Å². The average molecular weight is 235 g/mol. The molecule has 0 aliphatic rings. The Kier molecular flexibility index (Phi) is 2.82. The van der Waals surface area contributed by atoms with Gasteiger partial charge in [-0.05, 0) is 17.7 Å². The van der Waals surface area contributed by atoms with Gasteiger partial charge in [0.25, 0.3) is 0 Å². The molecule has 2 aromatic heterocycles. The van der Waals surface area contributed by atoms with E-state index < -0.39 is 5.97 Å². The monoisotopic (exact) mass is 235 g/mol. The number of anilines is 1. The van der Waals surface area contributed by atoms with Crippen LogP contribution in [0.5, 0.6) is 0 Å². The van der Waals surface area contributed by atoms with Gasteiger partial charge in [-0.3, -0.25) is 4.98 Å². The molecule has 0 saturated heterocycles. The maximum Gasteiger partial charge on any atom is 0.356 e. The molecule has 82 valence electrons. The number of carboxylic acid groups (broad SMARTS) is 1. The smallest absolute Gasteiger partial charge is 0.356 e. The SMILES string of the molecule is CNc1nc(C(=O)O)c(-c2ccncc2)s1. The number of nitrogens with one attached hydrogen (secondary N) is 1. The highest BCUT2D eigenvalue weighted by Gasteiger charge is 2.17. The molecule has 0 unspecified atom stereocenters. The van der Waals surface area contributed by atoms with E-state index >= 15 is 0 Å². The van der Waals surface area contributed by atoms with Gasteiger partial charge in [0.2, 0.25) is 0 Å². The highest BCUT2D eigenvalue weighted by molar-refractivity contribution is 7.19. The Bertz CT molecular complexity index is 510. The van der Waals surface area contributed by atoms with Gasteiger partial charge in [-0.15, -0.1) is 0 Å². The molecule has 0 fully saturated rings. The van der Waals surface area contributed by atoms with E-state index in [1.165, 1.54) is 11.3 Å². The minimum atomic E-state index is -1.02. The van der Waals surface area contributed by atoms with Gasteiger partial charge in [0.05, 0.1) is 4.88 Å². The predicted octanol–water partition coefficient (Wildman–Crippen LogP) is 1.94. The number of hydrogen-bond donors (Lipinski definition) is 2. The summed E-state index contributed by atoms with van der Waals surface area (Å²) in [4.78, 5) is 19.5. The van der Waals surface area contributed by atoms with E-state index in [0.29, 0.717) is 10.0 Å². The van der Waals surface area contributed by atoms with Gasteiger partial charge in [0, 0.05) is 19.4 Å². The number of aromatic carboxylic acids is 1. The predicted molar refractivity (Wildman–Crippen MR) is 61.9 cm³/mol. The van der Waals surface area contributed by atoms with Crippen molar-refractivity contribution in [3.8, 4) is 10.4 Å². The third-order valence-corrected chi connectivity index (χ3v) is 3.11. The van der Waals surface area contributed by atoms with Crippen LogP contribution in [0, 0.1) is 0 Å². The molecule has 0 saturated carbocycles. The molecular formula is C10H9N3O2S. The summed E-state index contributed by atoms with van der Waals surface area (Å²) in [5, 5.41) is 12.5. The molecule has 2 rings (SSSR count). The fraction of sp³-hybridized carbons (Fsp3) is 0.100. The fourth-order valence-electron chi connectivity index (χ4n) is 1.27. The van der Waals surface area contributed by atoms with Crippen molar-refractivity contribution in [2.24, 2.45) is 0 Å². The van der Waals surface area contributed by atoms with Crippen molar-refractivity contribution in [1.82, 2.24) is 9.97 Å². The van der Waals surface area contributed by atoms with Crippen LogP contribution in [0.2, 0.25) is 0 Å². The molecule has 0 bridgehead atoms. The van der Waals surface area contributed by atoms with Crippen molar-refractivity contribution in [2.75, 3.05) is 12.4 Å². The molecule has 0 aliphatic carbocycles. The first-order valence-corrected chi connectivity index (χ1v) is 5.36. The second-order valence-electron chi connectivity index (χ2n) is 2.99. The lowest BCUT2D eigenvalue weighted by Gasteiger charge is -1.96. The maximum atomic E-state index is 11.0. The third-order valence-electron chi connectivity index (χ3n) is 1.99. The van der Waals surface area contributed by atoms with E-state index in [1.54, 1.807) is 31.6 Å². The number of carboxylic acids is 1. The molecule has 0 amide bonds. The summed E-state index contributed by atoms with van der Waals surface area (Å²) in [6.45, 7) is 0. The van der Waals surface area contributed by atoms with Crippen LogP contribution in [0.3, 0.4) is 0 Å². The van der Waals surface area contributed by atoms with Crippen molar-refractivity contribution >= 4 is 22.4 Å². The summed E-state index contributed by atoms with van der Waals surface area (Å²) >= 11 is 1.31. The number of carbonyl (C=O) groups is 1. The number of thiazole rings is 1. The normalized spacial score (nSPS) is 10.1. The zero-order valence-electron chi connectivity index (χ0n) is 8.47. The molecule has 0 atom stereocenters. The topological polar surface area (TPSA) is 75.1 Å². The summed E-state index contributed by atoms with van der Waals surface area (Å²) < 4.78 is 0. The first-order valence-electron chi connectivity index (χ1n) is 4.54. The molecule has 5 nitrogen and oxygen atoms in total. The van der Waals surface area contributed by atoms with Crippen LogP contribution in [-0.4, -0.2) is 28.1 Å². The van der Waals surface area contributed by atoms with Crippen LogP contribution in [0.1, 0.15) is 10.5 Å². The van der Waals surface area contributed by atoms with Crippen molar-refractivity contribution < 1.29 is 9.90 Å². The standard InChI is InChI=1S/C10H9N3O2S/c1-11-10-13-7(9(14)15)8(16-10)6-2-4-12-5-3-6/h2-5H,1H3,(H,11,13)(H,14,15). The van der Waals surface area contributed by atoms with Crippen LogP contribution in [0.25, 0.3) is 10.4 Å². The minimum absolute atomic E-state index is 0.0700. The lowest BCUT2D eigenvalue weighted by atomic mass is 10.2.